The van der Waals surface area contributed by atoms with E-state index >= 15 is 0 Å². The lowest BCUT2D eigenvalue weighted by molar-refractivity contribution is -0.116. The second-order valence-electron chi connectivity index (χ2n) is 4.95. The van der Waals surface area contributed by atoms with Crippen molar-refractivity contribution in [3.05, 3.63) is 51.7 Å². The van der Waals surface area contributed by atoms with E-state index in [0.29, 0.717) is 17.7 Å². The van der Waals surface area contributed by atoms with Crippen LogP contribution in [0.4, 0.5) is 5.69 Å². The van der Waals surface area contributed by atoms with Crippen molar-refractivity contribution in [3.8, 4) is 0 Å². The average Bonchev–Trinajstić information content (AvgIpc) is 3.02. The molecule has 0 spiro atoms. The molecule has 0 saturated carbocycles. The number of thiophene rings is 1. The van der Waals surface area contributed by atoms with Gasteiger partial charge < -0.3 is 10.1 Å². The third-order valence-corrected chi connectivity index (χ3v) is 4.36. The van der Waals surface area contributed by atoms with Gasteiger partial charge in [-0.15, -0.1) is 11.3 Å². The lowest BCUT2D eigenvalue weighted by Crippen LogP contribution is -2.14. The number of hydrogen-bond acceptors (Lipinski definition) is 4. The number of aryl methyl sites for hydroxylation is 1. The fourth-order valence-corrected chi connectivity index (χ4v) is 2.94. The van der Waals surface area contributed by atoms with E-state index in [1.807, 2.05) is 11.4 Å². The molecule has 0 aliphatic heterocycles. The van der Waals surface area contributed by atoms with Crippen molar-refractivity contribution < 1.29 is 14.3 Å². The molecule has 0 aliphatic carbocycles. The van der Waals surface area contributed by atoms with Gasteiger partial charge in [0.1, 0.15) is 0 Å². The molecule has 1 amide bonds. The van der Waals surface area contributed by atoms with Gasteiger partial charge in [-0.2, -0.15) is 0 Å². The van der Waals surface area contributed by atoms with Gasteiger partial charge in [-0.3, -0.25) is 4.79 Å². The number of amides is 1. The highest BCUT2D eigenvalue weighted by atomic mass is 32.1. The van der Waals surface area contributed by atoms with E-state index in [1.165, 1.54) is 12.0 Å². The highest BCUT2D eigenvalue weighted by molar-refractivity contribution is 7.09. The summed E-state index contributed by atoms with van der Waals surface area (Å²) in [6.07, 6.45) is 2.17. The monoisotopic (exact) mass is 317 g/mol. The van der Waals surface area contributed by atoms with Gasteiger partial charge in [0.05, 0.1) is 12.7 Å². The number of methoxy groups -OCH3 is 1. The van der Waals surface area contributed by atoms with Gasteiger partial charge in [0.2, 0.25) is 5.91 Å². The first-order valence-electron chi connectivity index (χ1n) is 7.12. The Labute approximate surface area is 134 Å². The van der Waals surface area contributed by atoms with Crippen molar-refractivity contribution in [3.63, 3.8) is 0 Å². The third-order valence-electron chi connectivity index (χ3n) is 3.42. The van der Waals surface area contributed by atoms with Crippen LogP contribution in [-0.2, 0) is 16.0 Å². The third kappa shape index (κ3) is 4.18. The fourth-order valence-electron chi connectivity index (χ4n) is 2.19. The molecule has 1 aromatic carbocycles. The number of carbonyl (C=O) groups excluding carboxylic acids is 2. The number of ether oxygens (including phenoxy) is 1. The van der Waals surface area contributed by atoms with Gasteiger partial charge in [-0.05, 0) is 48.9 Å². The lowest BCUT2D eigenvalue weighted by atomic mass is 10.1. The summed E-state index contributed by atoms with van der Waals surface area (Å²) in [5.74, 6) is -0.437. The molecule has 0 saturated heterocycles. The summed E-state index contributed by atoms with van der Waals surface area (Å²) in [7, 11) is 1.34. The predicted molar refractivity (Wildman–Crippen MR) is 88.4 cm³/mol. The topological polar surface area (TPSA) is 55.4 Å². The van der Waals surface area contributed by atoms with E-state index in [9.17, 15) is 9.59 Å². The second-order valence-corrected chi connectivity index (χ2v) is 5.98. The maximum absolute atomic E-state index is 12.0. The summed E-state index contributed by atoms with van der Waals surface area (Å²) in [4.78, 5) is 25.0. The number of nitrogens with one attached hydrogen (secondary N) is 1. The fraction of sp³-hybridized carbons (Fsp3) is 0.294. The van der Waals surface area contributed by atoms with Gasteiger partial charge in [0, 0.05) is 17.0 Å². The first-order chi connectivity index (χ1) is 10.6. The van der Waals surface area contributed by atoms with Gasteiger partial charge >= 0.3 is 5.97 Å². The largest absolute Gasteiger partial charge is 0.465 e. The second kappa shape index (κ2) is 7.75. The van der Waals surface area contributed by atoms with Crippen LogP contribution < -0.4 is 5.32 Å². The van der Waals surface area contributed by atoms with E-state index in [1.54, 1.807) is 36.5 Å². The van der Waals surface area contributed by atoms with Gasteiger partial charge in [0.25, 0.3) is 0 Å². The van der Waals surface area contributed by atoms with Crippen LogP contribution in [0.15, 0.2) is 35.7 Å². The SMILES string of the molecule is COC(=O)c1cccc(NC(=O)CCCc2cccs2)c1C. The molecular formula is C17H19NO3S. The van der Waals surface area contributed by atoms with Crippen LogP contribution in [0.1, 0.15) is 33.6 Å². The Morgan fingerprint density at radius 1 is 1.23 bits per heavy atom. The molecule has 0 aliphatic rings. The Bertz CT molecular complexity index is 650. The van der Waals surface area contributed by atoms with Crippen LogP contribution in [0.3, 0.4) is 0 Å². The van der Waals surface area contributed by atoms with Crippen LogP contribution in [0, 0.1) is 6.92 Å². The molecule has 2 aromatic rings. The average molecular weight is 317 g/mol. The van der Waals surface area contributed by atoms with Gasteiger partial charge in [0.15, 0.2) is 0 Å². The maximum Gasteiger partial charge on any atom is 0.338 e. The Kier molecular flexibility index (Phi) is 5.72. The summed E-state index contributed by atoms with van der Waals surface area (Å²) in [6.45, 7) is 1.80. The number of hydrogen-bond donors (Lipinski definition) is 1. The standard InChI is InChI=1S/C17H19NO3S/c1-12-14(17(20)21-2)8-4-9-15(12)18-16(19)10-3-6-13-7-5-11-22-13/h4-5,7-9,11H,3,6,10H2,1-2H3,(H,18,19). The van der Waals surface area contributed by atoms with E-state index in [0.717, 1.165) is 18.4 Å². The Morgan fingerprint density at radius 3 is 2.73 bits per heavy atom. The summed E-state index contributed by atoms with van der Waals surface area (Å²) >= 11 is 1.71. The summed E-state index contributed by atoms with van der Waals surface area (Å²) < 4.78 is 4.73. The Morgan fingerprint density at radius 2 is 2.05 bits per heavy atom. The van der Waals surface area contributed by atoms with Gasteiger partial charge in [-0.1, -0.05) is 12.1 Å². The normalized spacial score (nSPS) is 10.3. The molecule has 2 rings (SSSR count). The number of benzene rings is 1. The number of rotatable bonds is 6. The first-order valence-corrected chi connectivity index (χ1v) is 8.00. The van der Waals surface area contributed by atoms with Crippen molar-refractivity contribution in [1.82, 2.24) is 0 Å². The van der Waals surface area contributed by atoms with Crippen molar-refractivity contribution >= 4 is 28.9 Å². The smallest absolute Gasteiger partial charge is 0.338 e. The molecule has 4 nitrogen and oxygen atoms in total. The number of esters is 1. The molecule has 1 heterocycles. The van der Waals surface area contributed by atoms with Crippen LogP contribution in [0.25, 0.3) is 0 Å². The molecule has 22 heavy (non-hydrogen) atoms. The molecule has 116 valence electrons. The van der Waals surface area contributed by atoms with Crippen molar-refractivity contribution in [2.24, 2.45) is 0 Å². The van der Waals surface area contributed by atoms with Crippen molar-refractivity contribution in [2.45, 2.75) is 26.2 Å². The van der Waals surface area contributed by atoms with Crippen molar-refractivity contribution in [1.29, 1.82) is 0 Å². The van der Waals surface area contributed by atoms with Gasteiger partial charge in [-0.25, -0.2) is 4.79 Å². The Hall–Kier alpha value is -2.14. The zero-order valence-electron chi connectivity index (χ0n) is 12.7. The molecule has 0 atom stereocenters. The number of carbonyl (C=O) groups is 2. The van der Waals surface area contributed by atoms with E-state index in [-0.39, 0.29) is 5.91 Å². The number of anilines is 1. The highest BCUT2D eigenvalue weighted by Gasteiger charge is 2.13. The van der Waals surface area contributed by atoms with E-state index < -0.39 is 5.97 Å². The Balaban J connectivity index is 1.92. The van der Waals surface area contributed by atoms with Crippen LogP contribution >= 0.6 is 11.3 Å². The first kappa shape index (κ1) is 16.2. The maximum atomic E-state index is 12.0. The van der Waals surface area contributed by atoms with E-state index in [4.69, 9.17) is 4.74 Å². The molecule has 1 aromatic heterocycles. The van der Waals surface area contributed by atoms with Crippen LogP contribution in [0.2, 0.25) is 0 Å². The summed E-state index contributed by atoms with van der Waals surface area (Å²) in [5.41, 5.74) is 1.85. The minimum Gasteiger partial charge on any atom is -0.465 e. The van der Waals surface area contributed by atoms with Crippen LogP contribution in [0.5, 0.6) is 0 Å². The molecule has 5 heteroatoms. The minimum atomic E-state index is -0.397. The summed E-state index contributed by atoms with van der Waals surface area (Å²) in [5, 5.41) is 4.91. The zero-order chi connectivity index (χ0) is 15.9. The molecule has 0 unspecified atom stereocenters. The van der Waals surface area contributed by atoms with E-state index in [2.05, 4.69) is 11.4 Å². The van der Waals surface area contributed by atoms with Crippen LogP contribution in [-0.4, -0.2) is 19.0 Å². The minimum absolute atomic E-state index is 0.0401. The molecule has 0 fully saturated rings. The molecule has 0 radical (unpaired) electrons. The molecule has 0 bridgehead atoms. The predicted octanol–water partition coefficient (Wildman–Crippen LogP) is 3.80. The lowest BCUT2D eigenvalue weighted by Gasteiger charge is -2.11. The molecule has 1 N–H and O–H groups in total. The van der Waals surface area contributed by atoms with Crippen molar-refractivity contribution in [2.75, 3.05) is 12.4 Å². The quantitative estimate of drug-likeness (QED) is 0.824. The highest BCUT2D eigenvalue weighted by Crippen LogP contribution is 2.20. The molecular weight excluding hydrogens is 298 g/mol. The summed E-state index contributed by atoms with van der Waals surface area (Å²) in [6, 6.07) is 9.31. The zero-order valence-corrected chi connectivity index (χ0v) is 13.5.